The summed E-state index contributed by atoms with van der Waals surface area (Å²) < 4.78 is 0. The molecule has 0 saturated carbocycles. The predicted molar refractivity (Wildman–Crippen MR) is 109 cm³/mol. The van der Waals surface area contributed by atoms with Crippen LogP contribution in [0.5, 0.6) is 0 Å². The predicted octanol–water partition coefficient (Wildman–Crippen LogP) is 2.88. The number of thiophene rings is 1. The highest BCUT2D eigenvalue weighted by Gasteiger charge is 2.24. The summed E-state index contributed by atoms with van der Waals surface area (Å²) >= 11 is 1.56. The van der Waals surface area contributed by atoms with Gasteiger partial charge >= 0.3 is 0 Å². The van der Waals surface area contributed by atoms with E-state index >= 15 is 0 Å². The second kappa shape index (κ2) is 10.8. The lowest BCUT2D eigenvalue weighted by Crippen LogP contribution is -2.48. The van der Waals surface area contributed by atoms with Crippen molar-refractivity contribution >= 4 is 17.3 Å². The van der Waals surface area contributed by atoms with Gasteiger partial charge in [0, 0.05) is 24.0 Å². The molecule has 2 atom stereocenters. The number of hydrogen-bond donors (Lipinski definition) is 3. The van der Waals surface area contributed by atoms with Gasteiger partial charge in [-0.3, -0.25) is 0 Å². The van der Waals surface area contributed by atoms with Crippen molar-refractivity contribution < 1.29 is 5.11 Å². The third-order valence-electron chi connectivity index (χ3n) is 4.68. The SMILES string of the molecule is CCNC(=NCC(C)(O)c1cccs1)NCC(C(CC)CC)N(C)C. The molecular formula is C19H36N4OS. The van der Waals surface area contributed by atoms with Crippen LogP contribution in [0.3, 0.4) is 0 Å². The van der Waals surface area contributed by atoms with Crippen molar-refractivity contribution in [1.82, 2.24) is 15.5 Å². The zero-order valence-corrected chi connectivity index (χ0v) is 17.5. The lowest BCUT2D eigenvalue weighted by molar-refractivity contribution is 0.0711. The summed E-state index contributed by atoms with van der Waals surface area (Å²) in [6.07, 6.45) is 2.34. The second-order valence-electron chi connectivity index (χ2n) is 6.93. The molecule has 0 radical (unpaired) electrons. The minimum absolute atomic E-state index is 0.334. The van der Waals surface area contributed by atoms with Crippen LogP contribution >= 0.6 is 11.3 Å². The van der Waals surface area contributed by atoms with Crippen LogP contribution < -0.4 is 10.6 Å². The molecule has 5 nitrogen and oxygen atoms in total. The summed E-state index contributed by atoms with van der Waals surface area (Å²) in [5.74, 6) is 1.41. The number of aliphatic imine (C=N–C) groups is 1. The maximum Gasteiger partial charge on any atom is 0.191 e. The molecule has 1 heterocycles. The number of nitrogens with one attached hydrogen (secondary N) is 2. The van der Waals surface area contributed by atoms with E-state index in [2.05, 4.69) is 55.4 Å². The van der Waals surface area contributed by atoms with Crippen LogP contribution in [0.15, 0.2) is 22.5 Å². The van der Waals surface area contributed by atoms with Crippen molar-refractivity contribution in [3.8, 4) is 0 Å². The van der Waals surface area contributed by atoms with Crippen molar-refractivity contribution in [2.45, 2.75) is 52.2 Å². The maximum absolute atomic E-state index is 10.7. The fraction of sp³-hybridized carbons (Fsp3) is 0.737. The summed E-state index contributed by atoms with van der Waals surface area (Å²) in [4.78, 5) is 7.84. The molecule has 144 valence electrons. The third kappa shape index (κ3) is 6.96. The molecule has 0 aliphatic carbocycles. The highest BCUT2D eigenvalue weighted by Crippen LogP contribution is 2.25. The van der Waals surface area contributed by atoms with E-state index in [0.29, 0.717) is 18.5 Å². The molecule has 25 heavy (non-hydrogen) atoms. The Hall–Kier alpha value is -1.11. The Balaban J connectivity index is 2.75. The summed E-state index contributed by atoms with van der Waals surface area (Å²) in [5, 5.41) is 19.4. The Morgan fingerprint density at radius 2 is 1.96 bits per heavy atom. The van der Waals surface area contributed by atoms with E-state index < -0.39 is 5.60 Å². The van der Waals surface area contributed by atoms with Gasteiger partial charge in [-0.25, -0.2) is 4.99 Å². The fourth-order valence-corrected chi connectivity index (χ4v) is 3.82. The van der Waals surface area contributed by atoms with Gasteiger partial charge < -0.3 is 20.6 Å². The van der Waals surface area contributed by atoms with Crippen LogP contribution in [0.25, 0.3) is 0 Å². The number of guanidine groups is 1. The molecule has 0 aliphatic rings. The minimum Gasteiger partial charge on any atom is -0.383 e. The summed E-state index contributed by atoms with van der Waals surface area (Å²) in [5.41, 5.74) is -0.938. The third-order valence-corrected chi connectivity index (χ3v) is 5.80. The van der Waals surface area contributed by atoms with E-state index in [4.69, 9.17) is 0 Å². The topological polar surface area (TPSA) is 59.9 Å². The molecule has 0 aliphatic heterocycles. The van der Waals surface area contributed by atoms with Gasteiger partial charge in [0.05, 0.1) is 6.54 Å². The molecule has 1 aromatic rings. The molecule has 6 heteroatoms. The Kier molecular flexibility index (Phi) is 9.46. The Bertz CT molecular complexity index is 496. The number of nitrogens with zero attached hydrogens (tertiary/aromatic N) is 2. The standard InChI is InChI=1S/C19H36N4OS/c1-7-15(8-2)16(23(5)6)13-21-18(20-9-3)22-14-19(4,24)17-11-10-12-25-17/h10-12,15-16,24H,7-9,13-14H2,1-6H3,(H2,20,21,22). The summed E-state index contributed by atoms with van der Waals surface area (Å²) in [6.45, 7) is 10.3. The van der Waals surface area contributed by atoms with E-state index in [1.54, 1.807) is 11.3 Å². The number of aliphatic hydroxyl groups is 1. The lowest BCUT2D eigenvalue weighted by atomic mass is 9.93. The highest BCUT2D eigenvalue weighted by molar-refractivity contribution is 7.10. The fourth-order valence-electron chi connectivity index (χ4n) is 3.04. The average Bonchev–Trinajstić information content (AvgIpc) is 3.11. The second-order valence-corrected chi connectivity index (χ2v) is 7.88. The van der Waals surface area contributed by atoms with Crippen LogP contribution in [0.2, 0.25) is 0 Å². The van der Waals surface area contributed by atoms with Gasteiger partial charge in [-0.2, -0.15) is 0 Å². The zero-order chi connectivity index (χ0) is 18.9. The molecule has 2 unspecified atom stereocenters. The first-order valence-electron chi connectivity index (χ1n) is 9.30. The molecule has 1 rings (SSSR count). The van der Waals surface area contributed by atoms with Crippen molar-refractivity contribution in [2.24, 2.45) is 10.9 Å². The van der Waals surface area contributed by atoms with E-state index in [9.17, 15) is 5.11 Å². The van der Waals surface area contributed by atoms with Gasteiger partial charge in [0.25, 0.3) is 0 Å². The van der Waals surface area contributed by atoms with E-state index in [1.807, 2.05) is 24.4 Å². The van der Waals surface area contributed by atoms with Crippen molar-refractivity contribution in [1.29, 1.82) is 0 Å². The highest BCUT2D eigenvalue weighted by atomic mass is 32.1. The largest absolute Gasteiger partial charge is 0.383 e. The van der Waals surface area contributed by atoms with Crippen LogP contribution in [0.1, 0.15) is 45.4 Å². The molecule has 1 aromatic heterocycles. The molecule has 0 saturated heterocycles. The normalized spacial score (nSPS) is 16.1. The van der Waals surface area contributed by atoms with E-state index in [0.717, 1.165) is 23.9 Å². The van der Waals surface area contributed by atoms with Gasteiger partial charge in [0.1, 0.15) is 5.60 Å². The molecule has 0 bridgehead atoms. The Morgan fingerprint density at radius 1 is 1.28 bits per heavy atom. The number of likely N-dealkylation sites (N-methyl/N-ethyl adjacent to an activating group) is 1. The van der Waals surface area contributed by atoms with Crippen LogP contribution in [0, 0.1) is 5.92 Å². The van der Waals surface area contributed by atoms with E-state index in [1.165, 1.54) is 12.8 Å². The van der Waals surface area contributed by atoms with Crippen LogP contribution in [0.4, 0.5) is 0 Å². The summed E-state index contributed by atoms with van der Waals surface area (Å²) in [7, 11) is 4.27. The molecular weight excluding hydrogens is 332 g/mol. The Labute approximate surface area is 157 Å². The molecule has 0 aromatic carbocycles. The van der Waals surface area contributed by atoms with Gasteiger partial charge in [-0.15, -0.1) is 11.3 Å². The maximum atomic E-state index is 10.7. The average molecular weight is 369 g/mol. The van der Waals surface area contributed by atoms with Gasteiger partial charge in [-0.05, 0) is 45.3 Å². The first kappa shape index (κ1) is 21.9. The first-order valence-corrected chi connectivity index (χ1v) is 10.2. The molecule has 0 spiro atoms. The molecule has 0 amide bonds. The van der Waals surface area contributed by atoms with E-state index in [-0.39, 0.29) is 0 Å². The van der Waals surface area contributed by atoms with Crippen LogP contribution in [-0.2, 0) is 5.60 Å². The smallest absolute Gasteiger partial charge is 0.191 e. The van der Waals surface area contributed by atoms with Crippen LogP contribution in [-0.4, -0.2) is 55.7 Å². The van der Waals surface area contributed by atoms with Crippen molar-refractivity contribution in [2.75, 3.05) is 33.7 Å². The zero-order valence-electron chi connectivity index (χ0n) is 16.7. The van der Waals surface area contributed by atoms with Gasteiger partial charge in [-0.1, -0.05) is 32.8 Å². The van der Waals surface area contributed by atoms with Crippen molar-refractivity contribution in [3.63, 3.8) is 0 Å². The van der Waals surface area contributed by atoms with Gasteiger partial charge in [0.15, 0.2) is 5.96 Å². The first-order chi connectivity index (χ1) is 11.9. The molecule has 0 fully saturated rings. The molecule has 3 N–H and O–H groups in total. The van der Waals surface area contributed by atoms with Gasteiger partial charge in [0.2, 0.25) is 0 Å². The van der Waals surface area contributed by atoms with Crippen molar-refractivity contribution in [3.05, 3.63) is 22.4 Å². The number of rotatable bonds is 10. The summed E-state index contributed by atoms with van der Waals surface area (Å²) in [6, 6.07) is 4.37. The monoisotopic (exact) mass is 368 g/mol. The lowest BCUT2D eigenvalue weighted by Gasteiger charge is -2.32. The minimum atomic E-state index is -0.938. The Morgan fingerprint density at radius 3 is 2.44 bits per heavy atom. The quantitative estimate of drug-likeness (QED) is 0.439. The number of hydrogen-bond acceptors (Lipinski definition) is 4.